The van der Waals surface area contributed by atoms with Crippen molar-refractivity contribution in [3.8, 4) is 0 Å². The first kappa shape index (κ1) is 15.7. The summed E-state index contributed by atoms with van der Waals surface area (Å²) >= 11 is 7.18. The van der Waals surface area contributed by atoms with E-state index in [0.29, 0.717) is 12.5 Å². The van der Waals surface area contributed by atoms with Crippen molar-refractivity contribution in [2.24, 2.45) is 5.73 Å². The lowest BCUT2D eigenvalue weighted by Crippen LogP contribution is -2.17. The van der Waals surface area contributed by atoms with Gasteiger partial charge in [-0.15, -0.1) is 0 Å². The number of hydrogen-bond donors (Lipinski definition) is 1. The summed E-state index contributed by atoms with van der Waals surface area (Å²) in [5, 5.41) is 4.55. The van der Waals surface area contributed by atoms with Gasteiger partial charge in [0.15, 0.2) is 0 Å². The second-order valence-electron chi connectivity index (χ2n) is 4.85. The number of nitrogens with two attached hydrogens (primary N) is 1. The van der Waals surface area contributed by atoms with E-state index in [1.54, 1.807) is 0 Å². The first-order valence-corrected chi connectivity index (χ1v) is 8.32. The second-order valence-corrected chi connectivity index (χ2v) is 6.56. The van der Waals surface area contributed by atoms with Crippen molar-refractivity contribution in [1.82, 2.24) is 9.78 Å². The molecule has 5 heteroatoms. The monoisotopic (exact) mass is 399 g/mol. The quantitative estimate of drug-likeness (QED) is 0.823. The van der Waals surface area contributed by atoms with Gasteiger partial charge in [0, 0.05) is 16.9 Å². The molecule has 2 rings (SSSR count). The summed E-state index contributed by atoms with van der Waals surface area (Å²) in [7, 11) is 0. The summed E-state index contributed by atoms with van der Waals surface area (Å²) in [5.41, 5.74) is 9.51. The summed E-state index contributed by atoms with van der Waals surface area (Å²) in [6, 6.07) is 8.37. The van der Waals surface area contributed by atoms with Crippen LogP contribution in [-0.2, 0) is 13.0 Å². The Labute approximate surface area is 136 Å². The van der Waals surface area contributed by atoms with Crippen LogP contribution < -0.4 is 5.73 Å². The molecule has 0 bridgehead atoms. The number of rotatable bonds is 5. The molecule has 0 aliphatic rings. The zero-order valence-corrected chi connectivity index (χ0v) is 14.9. The van der Waals surface area contributed by atoms with Crippen LogP contribution in [0.25, 0.3) is 0 Å². The number of hydrogen-bond acceptors (Lipinski definition) is 2. The minimum absolute atomic E-state index is 0.296. The molecule has 0 aliphatic carbocycles. The van der Waals surface area contributed by atoms with Crippen molar-refractivity contribution in [2.45, 2.75) is 32.7 Å². The predicted molar refractivity (Wildman–Crippen MR) is 90.0 cm³/mol. The fourth-order valence-electron chi connectivity index (χ4n) is 2.40. The van der Waals surface area contributed by atoms with Gasteiger partial charge in [-0.2, -0.15) is 5.10 Å². The summed E-state index contributed by atoms with van der Waals surface area (Å²) in [4.78, 5) is 0. The van der Waals surface area contributed by atoms with Crippen molar-refractivity contribution in [1.29, 1.82) is 0 Å². The van der Waals surface area contributed by atoms with Gasteiger partial charge in [0.2, 0.25) is 0 Å². The number of aryl methyl sites for hydroxylation is 2. The van der Waals surface area contributed by atoms with Gasteiger partial charge in [0.1, 0.15) is 0 Å². The smallest absolute Gasteiger partial charge is 0.0738 e. The highest BCUT2D eigenvalue weighted by atomic mass is 79.9. The SMILES string of the molecule is CCn1nc(C)c(Br)c1CC(CN)c1cccc(Br)c1. The molecule has 2 N–H and O–H groups in total. The highest BCUT2D eigenvalue weighted by Gasteiger charge is 2.18. The molecule has 1 atom stereocenters. The molecule has 0 saturated heterocycles. The van der Waals surface area contributed by atoms with Crippen LogP contribution in [0.2, 0.25) is 0 Å². The van der Waals surface area contributed by atoms with Crippen molar-refractivity contribution in [3.63, 3.8) is 0 Å². The maximum Gasteiger partial charge on any atom is 0.0738 e. The molecular weight excluding hydrogens is 382 g/mol. The molecule has 20 heavy (non-hydrogen) atoms. The minimum atomic E-state index is 0.296. The number of aromatic nitrogens is 2. The summed E-state index contributed by atoms with van der Waals surface area (Å²) < 4.78 is 4.25. The maximum atomic E-state index is 5.99. The summed E-state index contributed by atoms with van der Waals surface area (Å²) in [6.45, 7) is 5.63. The lowest BCUT2D eigenvalue weighted by Gasteiger charge is -2.16. The Hall–Kier alpha value is -0.650. The Bertz CT molecular complexity index is 593. The Morgan fingerprint density at radius 3 is 2.70 bits per heavy atom. The molecular formula is C15H19Br2N3. The fourth-order valence-corrected chi connectivity index (χ4v) is 3.26. The number of benzene rings is 1. The Balaban J connectivity index is 2.31. The van der Waals surface area contributed by atoms with E-state index in [4.69, 9.17) is 5.73 Å². The van der Waals surface area contributed by atoms with Gasteiger partial charge in [0.25, 0.3) is 0 Å². The van der Waals surface area contributed by atoms with Gasteiger partial charge in [-0.1, -0.05) is 28.1 Å². The molecule has 1 heterocycles. The van der Waals surface area contributed by atoms with Gasteiger partial charge in [-0.25, -0.2) is 0 Å². The van der Waals surface area contributed by atoms with Gasteiger partial charge < -0.3 is 5.73 Å². The molecule has 0 aliphatic heterocycles. The van der Waals surface area contributed by atoms with E-state index in [-0.39, 0.29) is 0 Å². The van der Waals surface area contributed by atoms with Crippen LogP contribution in [0.5, 0.6) is 0 Å². The van der Waals surface area contributed by atoms with E-state index in [0.717, 1.165) is 27.6 Å². The molecule has 0 saturated carbocycles. The first-order valence-electron chi connectivity index (χ1n) is 6.74. The molecule has 108 valence electrons. The lowest BCUT2D eigenvalue weighted by molar-refractivity contribution is 0.582. The first-order chi connectivity index (χ1) is 9.56. The fraction of sp³-hybridized carbons (Fsp3) is 0.400. The van der Waals surface area contributed by atoms with Crippen molar-refractivity contribution in [2.75, 3.05) is 6.54 Å². The molecule has 1 aromatic heterocycles. The highest BCUT2D eigenvalue weighted by Crippen LogP contribution is 2.28. The Morgan fingerprint density at radius 1 is 1.35 bits per heavy atom. The van der Waals surface area contributed by atoms with Gasteiger partial charge in [0.05, 0.1) is 15.9 Å². The van der Waals surface area contributed by atoms with Crippen LogP contribution >= 0.6 is 31.9 Å². The lowest BCUT2D eigenvalue weighted by atomic mass is 9.94. The molecule has 0 spiro atoms. The van der Waals surface area contributed by atoms with E-state index in [9.17, 15) is 0 Å². The van der Waals surface area contributed by atoms with Crippen LogP contribution in [0.1, 0.15) is 29.8 Å². The van der Waals surface area contributed by atoms with E-state index >= 15 is 0 Å². The van der Waals surface area contributed by atoms with Crippen LogP contribution in [0.15, 0.2) is 33.2 Å². The van der Waals surface area contributed by atoms with E-state index in [1.807, 2.05) is 13.0 Å². The van der Waals surface area contributed by atoms with Gasteiger partial charge in [-0.05, 0) is 60.4 Å². The maximum absolute atomic E-state index is 5.99. The number of halogens is 2. The van der Waals surface area contributed by atoms with E-state index in [2.05, 4.69) is 66.8 Å². The van der Waals surface area contributed by atoms with Crippen LogP contribution in [0.4, 0.5) is 0 Å². The third-order valence-corrected chi connectivity index (χ3v) is 5.02. The normalized spacial score (nSPS) is 12.7. The topological polar surface area (TPSA) is 43.8 Å². The molecule has 1 unspecified atom stereocenters. The molecule has 0 radical (unpaired) electrons. The molecule has 1 aromatic carbocycles. The second kappa shape index (κ2) is 6.87. The molecule has 2 aromatic rings. The van der Waals surface area contributed by atoms with Crippen molar-refractivity contribution < 1.29 is 0 Å². The molecule has 3 nitrogen and oxygen atoms in total. The predicted octanol–water partition coefficient (Wildman–Crippen LogP) is 4.02. The standard InChI is InChI=1S/C15H19Br2N3/c1-3-20-14(15(17)10(2)19-20)8-12(9-18)11-5-4-6-13(16)7-11/h4-7,12H,3,8-9,18H2,1-2H3. The zero-order chi connectivity index (χ0) is 14.7. The molecule has 0 amide bonds. The van der Waals surface area contributed by atoms with Crippen molar-refractivity contribution >= 4 is 31.9 Å². The van der Waals surface area contributed by atoms with E-state index in [1.165, 1.54) is 11.3 Å². The summed E-state index contributed by atoms with van der Waals surface area (Å²) in [6.07, 6.45) is 0.891. The Morgan fingerprint density at radius 2 is 2.10 bits per heavy atom. The largest absolute Gasteiger partial charge is 0.330 e. The average Bonchev–Trinajstić information content (AvgIpc) is 2.71. The Kier molecular flexibility index (Phi) is 5.41. The van der Waals surface area contributed by atoms with E-state index < -0.39 is 0 Å². The van der Waals surface area contributed by atoms with Crippen LogP contribution in [-0.4, -0.2) is 16.3 Å². The van der Waals surface area contributed by atoms with Gasteiger partial charge in [-0.3, -0.25) is 4.68 Å². The average molecular weight is 401 g/mol. The highest BCUT2D eigenvalue weighted by molar-refractivity contribution is 9.10. The van der Waals surface area contributed by atoms with Crippen LogP contribution in [0.3, 0.4) is 0 Å². The van der Waals surface area contributed by atoms with Crippen molar-refractivity contribution in [3.05, 3.63) is 50.2 Å². The van der Waals surface area contributed by atoms with Gasteiger partial charge >= 0.3 is 0 Å². The summed E-state index contributed by atoms with van der Waals surface area (Å²) in [5.74, 6) is 0.296. The number of nitrogens with zero attached hydrogens (tertiary/aromatic N) is 2. The third-order valence-electron chi connectivity index (χ3n) is 3.50. The van der Waals surface area contributed by atoms with Crippen LogP contribution in [0, 0.1) is 6.92 Å². The zero-order valence-electron chi connectivity index (χ0n) is 11.7. The third kappa shape index (κ3) is 3.32. The minimum Gasteiger partial charge on any atom is -0.330 e. The molecule has 0 fully saturated rings.